The maximum Gasteiger partial charge on any atom is 0.137 e. The first-order valence-electron chi connectivity index (χ1n) is 7.08. The molecule has 0 fully saturated rings. The van der Waals surface area contributed by atoms with Gasteiger partial charge in [0.15, 0.2) is 0 Å². The number of aromatic nitrogens is 2. The zero-order valence-corrected chi connectivity index (χ0v) is 12.8. The summed E-state index contributed by atoms with van der Waals surface area (Å²) in [7, 11) is 1.85. The van der Waals surface area contributed by atoms with Crippen molar-refractivity contribution in [3.05, 3.63) is 47.3 Å². The second kappa shape index (κ2) is 7.04. The van der Waals surface area contributed by atoms with E-state index in [4.69, 9.17) is 0 Å². The number of anilines is 2. The van der Waals surface area contributed by atoms with E-state index in [2.05, 4.69) is 32.3 Å². The molecule has 5 heteroatoms. The number of nitrogens with zero attached hydrogens (tertiary/aromatic N) is 3. The van der Waals surface area contributed by atoms with E-state index in [1.165, 1.54) is 5.56 Å². The number of rotatable bonds is 6. The van der Waals surface area contributed by atoms with Gasteiger partial charge in [-0.15, -0.1) is 0 Å². The molecule has 0 bridgehead atoms. The average molecular weight is 286 g/mol. The van der Waals surface area contributed by atoms with Gasteiger partial charge in [-0.25, -0.2) is 9.97 Å². The predicted molar refractivity (Wildman–Crippen MR) is 85.6 cm³/mol. The third-order valence-electron chi connectivity index (χ3n) is 3.35. The normalized spacial score (nSPS) is 10.5. The molecule has 1 heterocycles. The summed E-state index contributed by atoms with van der Waals surface area (Å²) in [6, 6.07) is 10.2. The molecule has 0 saturated heterocycles. The summed E-state index contributed by atoms with van der Waals surface area (Å²) < 4.78 is 0. The van der Waals surface area contributed by atoms with E-state index in [1.54, 1.807) is 0 Å². The van der Waals surface area contributed by atoms with Crippen molar-refractivity contribution < 1.29 is 5.11 Å². The molecule has 2 aromatic rings. The minimum Gasteiger partial charge on any atom is -0.395 e. The van der Waals surface area contributed by atoms with Crippen molar-refractivity contribution in [1.29, 1.82) is 0 Å². The number of hydrogen-bond acceptors (Lipinski definition) is 5. The van der Waals surface area contributed by atoms with Gasteiger partial charge in [0, 0.05) is 25.7 Å². The number of benzene rings is 1. The lowest BCUT2D eigenvalue weighted by Crippen LogP contribution is -2.28. The van der Waals surface area contributed by atoms with Gasteiger partial charge in [0.25, 0.3) is 0 Å². The quantitative estimate of drug-likeness (QED) is 0.852. The van der Waals surface area contributed by atoms with E-state index in [-0.39, 0.29) is 6.61 Å². The Morgan fingerprint density at radius 2 is 1.86 bits per heavy atom. The maximum absolute atomic E-state index is 9.36. The Kier molecular flexibility index (Phi) is 5.11. The molecule has 2 N–H and O–H groups in total. The minimum atomic E-state index is 0.0875. The van der Waals surface area contributed by atoms with Gasteiger partial charge >= 0.3 is 0 Å². The highest BCUT2D eigenvalue weighted by atomic mass is 16.3. The molecule has 0 spiro atoms. The van der Waals surface area contributed by atoms with Crippen LogP contribution in [0.2, 0.25) is 0 Å². The number of aryl methyl sites for hydroxylation is 1. The standard InChI is InChI=1S/C16H22N4O/c1-12-15(17-3)18-13(2)19-16(12)20(9-10-21)11-14-7-5-4-6-8-14/h4-8,21H,9-11H2,1-3H3,(H,17,18,19). The largest absolute Gasteiger partial charge is 0.395 e. The maximum atomic E-state index is 9.36. The van der Waals surface area contributed by atoms with Gasteiger partial charge in [-0.1, -0.05) is 30.3 Å². The van der Waals surface area contributed by atoms with Gasteiger partial charge in [0.05, 0.1) is 6.61 Å². The molecular formula is C16H22N4O. The van der Waals surface area contributed by atoms with Crippen LogP contribution in [0, 0.1) is 13.8 Å². The van der Waals surface area contributed by atoms with E-state index in [1.807, 2.05) is 39.1 Å². The van der Waals surface area contributed by atoms with Gasteiger partial charge in [-0.05, 0) is 19.4 Å². The van der Waals surface area contributed by atoms with Crippen LogP contribution in [0.4, 0.5) is 11.6 Å². The van der Waals surface area contributed by atoms with Crippen molar-refractivity contribution >= 4 is 11.6 Å². The SMILES string of the molecule is CNc1nc(C)nc(N(CCO)Cc2ccccc2)c1C. The van der Waals surface area contributed by atoms with E-state index >= 15 is 0 Å². The van der Waals surface area contributed by atoms with Crippen LogP contribution in [0.3, 0.4) is 0 Å². The summed E-state index contributed by atoms with van der Waals surface area (Å²) in [6.07, 6.45) is 0. The van der Waals surface area contributed by atoms with Gasteiger partial charge < -0.3 is 15.3 Å². The molecule has 1 aromatic carbocycles. The average Bonchev–Trinajstić information content (AvgIpc) is 2.50. The highest BCUT2D eigenvalue weighted by molar-refractivity contribution is 5.58. The Hall–Kier alpha value is -2.14. The van der Waals surface area contributed by atoms with E-state index in [9.17, 15) is 5.11 Å². The molecule has 0 atom stereocenters. The third kappa shape index (κ3) is 3.70. The van der Waals surface area contributed by atoms with Gasteiger partial charge in [-0.2, -0.15) is 0 Å². The van der Waals surface area contributed by atoms with Crippen molar-refractivity contribution in [2.75, 3.05) is 30.4 Å². The van der Waals surface area contributed by atoms with Crippen LogP contribution >= 0.6 is 0 Å². The Morgan fingerprint density at radius 1 is 1.14 bits per heavy atom. The van der Waals surface area contributed by atoms with Crippen molar-refractivity contribution in [3.8, 4) is 0 Å². The molecule has 0 unspecified atom stereocenters. The van der Waals surface area contributed by atoms with E-state index < -0.39 is 0 Å². The molecule has 0 amide bonds. The van der Waals surface area contributed by atoms with Crippen LogP contribution in [0.15, 0.2) is 30.3 Å². The van der Waals surface area contributed by atoms with Gasteiger partial charge in [0.1, 0.15) is 17.5 Å². The molecule has 1 aromatic heterocycles. The number of aliphatic hydroxyl groups excluding tert-OH is 1. The molecule has 0 saturated carbocycles. The zero-order chi connectivity index (χ0) is 15.2. The van der Waals surface area contributed by atoms with Crippen LogP contribution in [0.5, 0.6) is 0 Å². The first-order chi connectivity index (χ1) is 10.2. The molecule has 0 radical (unpaired) electrons. The van der Waals surface area contributed by atoms with Crippen LogP contribution in [-0.4, -0.2) is 35.3 Å². The first-order valence-corrected chi connectivity index (χ1v) is 7.08. The second-order valence-corrected chi connectivity index (χ2v) is 4.95. The lowest BCUT2D eigenvalue weighted by Gasteiger charge is -2.25. The molecule has 5 nitrogen and oxygen atoms in total. The Labute approximate surface area is 125 Å². The summed E-state index contributed by atoms with van der Waals surface area (Å²) in [5.41, 5.74) is 2.18. The van der Waals surface area contributed by atoms with Crippen LogP contribution in [-0.2, 0) is 6.54 Å². The van der Waals surface area contributed by atoms with Crippen LogP contribution in [0.25, 0.3) is 0 Å². The monoisotopic (exact) mass is 286 g/mol. The molecule has 2 rings (SSSR count). The lowest BCUT2D eigenvalue weighted by molar-refractivity contribution is 0.301. The molecule has 0 aliphatic heterocycles. The topological polar surface area (TPSA) is 61.3 Å². The van der Waals surface area contributed by atoms with E-state index in [0.29, 0.717) is 13.1 Å². The number of aliphatic hydroxyl groups is 1. The number of hydrogen-bond donors (Lipinski definition) is 2. The van der Waals surface area contributed by atoms with E-state index in [0.717, 1.165) is 23.0 Å². The molecule has 0 aliphatic rings. The third-order valence-corrected chi connectivity index (χ3v) is 3.35. The van der Waals surface area contributed by atoms with Gasteiger partial charge in [0.2, 0.25) is 0 Å². The molecular weight excluding hydrogens is 264 g/mol. The summed E-state index contributed by atoms with van der Waals surface area (Å²) >= 11 is 0. The number of nitrogens with one attached hydrogen (secondary N) is 1. The van der Waals surface area contributed by atoms with Crippen LogP contribution in [0.1, 0.15) is 17.0 Å². The highest BCUT2D eigenvalue weighted by Crippen LogP contribution is 2.24. The predicted octanol–water partition coefficient (Wildman–Crippen LogP) is 2.13. The van der Waals surface area contributed by atoms with Crippen molar-refractivity contribution in [1.82, 2.24) is 9.97 Å². The molecule has 112 valence electrons. The summed E-state index contributed by atoms with van der Waals surface area (Å²) in [5.74, 6) is 2.41. The molecule has 0 aliphatic carbocycles. The molecule has 21 heavy (non-hydrogen) atoms. The fourth-order valence-electron chi connectivity index (χ4n) is 2.35. The van der Waals surface area contributed by atoms with Gasteiger partial charge in [-0.3, -0.25) is 0 Å². The summed E-state index contributed by atoms with van der Waals surface area (Å²) in [6.45, 7) is 5.21. The Balaban J connectivity index is 2.36. The highest BCUT2D eigenvalue weighted by Gasteiger charge is 2.15. The fraction of sp³-hybridized carbons (Fsp3) is 0.375. The van der Waals surface area contributed by atoms with Crippen molar-refractivity contribution in [2.45, 2.75) is 20.4 Å². The lowest BCUT2D eigenvalue weighted by atomic mass is 10.2. The van der Waals surface area contributed by atoms with Crippen molar-refractivity contribution in [2.24, 2.45) is 0 Å². The first kappa shape index (κ1) is 15.3. The van der Waals surface area contributed by atoms with Crippen LogP contribution < -0.4 is 10.2 Å². The Bertz CT molecular complexity index is 586. The fourth-order valence-corrected chi connectivity index (χ4v) is 2.35. The zero-order valence-electron chi connectivity index (χ0n) is 12.8. The smallest absolute Gasteiger partial charge is 0.137 e. The summed E-state index contributed by atoms with van der Waals surface area (Å²) in [4.78, 5) is 11.0. The Morgan fingerprint density at radius 3 is 2.48 bits per heavy atom. The van der Waals surface area contributed by atoms with Crippen molar-refractivity contribution in [3.63, 3.8) is 0 Å². The minimum absolute atomic E-state index is 0.0875. The second-order valence-electron chi connectivity index (χ2n) is 4.95. The summed E-state index contributed by atoms with van der Waals surface area (Å²) in [5, 5.41) is 12.5.